The molecule has 1 saturated heterocycles. The van der Waals surface area contributed by atoms with Crippen LogP contribution >= 0.6 is 0 Å². The van der Waals surface area contributed by atoms with Crippen molar-refractivity contribution < 1.29 is 4.79 Å². The number of urea groups is 1. The molecular formula is C23H30N4O. The number of aromatic nitrogens is 1. The molecule has 1 saturated carbocycles. The van der Waals surface area contributed by atoms with Crippen LogP contribution in [0.2, 0.25) is 0 Å². The normalized spacial score (nSPS) is 27.4. The predicted molar refractivity (Wildman–Crippen MR) is 111 cm³/mol. The fraction of sp³-hybridized carbons (Fsp3) is 0.478. The number of amides is 2. The number of benzene rings is 1. The lowest BCUT2D eigenvalue weighted by Gasteiger charge is -2.48. The lowest BCUT2D eigenvalue weighted by Crippen LogP contribution is -2.54. The third-order valence-corrected chi connectivity index (χ3v) is 6.77. The van der Waals surface area contributed by atoms with Gasteiger partial charge in [0.1, 0.15) is 0 Å². The zero-order chi connectivity index (χ0) is 19.6. The van der Waals surface area contributed by atoms with E-state index in [0.29, 0.717) is 0 Å². The summed E-state index contributed by atoms with van der Waals surface area (Å²) >= 11 is 0. The van der Waals surface area contributed by atoms with E-state index >= 15 is 0 Å². The summed E-state index contributed by atoms with van der Waals surface area (Å²) in [6, 6.07) is 15.0. The summed E-state index contributed by atoms with van der Waals surface area (Å²) in [6.45, 7) is 1.57. The van der Waals surface area contributed by atoms with Crippen molar-refractivity contribution in [1.82, 2.24) is 20.1 Å². The number of nitrogens with one attached hydrogen (secondary N) is 1. The number of rotatable bonds is 5. The average molecular weight is 379 g/mol. The predicted octanol–water partition coefficient (Wildman–Crippen LogP) is 3.42. The Bertz CT molecular complexity index is 798. The molecule has 1 aromatic heterocycles. The number of hydrogen-bond donors (Lipinski definition) is 1. The highest BCUT2D eigenvalue weighted by Gasteiger charge is 2.49. The van der Waals surface area contributed by atoms with Gasteiger partial charge in [-0.05, 0) is 69.5 Å². The van der Waals surface area contributed by atoms with E-state index < -0.39 is 0 Å². The highest BCUT2D eigenvalue weighted by molar-refractivity contribution is 5.78. The van der Waals surface area contributed by atoms with Gasteiger partial charge in [0, 0.05) is 31.0 Å². The molecule has 1 aromatic carbocycles. The second kappa shape index (κ2) is 7.55. The molecule has 2 heterocycles. The highest BCUT2D eigenvalue weighted by Crippen LogP contribution is 2.45. The van der Waals surface area contributed by atoms with Gasteiger partial charge in [-0.1, -0.05) is 30.3 Å². The SMILES string of the molecule is CN(C)[C@]1(c2ccccc2)CC[C@@]2(CC1)CN(CCc1ccncc1)C(=O)N2. The van der Waals surface area contributed by atoms with Crippen LogP contribution in [0, 0.1) is 0 Å². The Balaban J connectivity index is 1.43. The molecule has 1 spiro atoms. The van der Waals surface area contributed by atoms with Crippen LogP contribution in [-0.4, -0.2) is 53.5 Å². The van der Waals surface area contributed by atoms with Crippen molar-refractivity contribution in [3.63, 3.8) is 0 Å². The van der Waals surface area contributed by atoms with E-state index in [1.54, 1.807) is 0 Å². The Morgan fingerprint density at radius 3 is 2.36 bits per heavy atom. The van der Waals surface area contributed by atoms with E-state index in [1.165, 1.54) is 11.1 Å². The van der Waals surface area contributed by atoms with Gasteiger partial charge in [-0.15, -0.1) is 0 Å². The van der Waals surface area contributed by atoms with Gasteiger partial charge in [-0.2, -0.15) is 0 Å². The Morgan fingerprint density at radius 1 is 1.04 bits per heavy atom. The molecule has 0 radical (unpaired) electrons. The first-order valence-electron chi connectivity index (χ1n) is 10.2. The van der Waals surface area contributed by atoms with E-state index in [9.17, 15) is 4.79 Å². The quantitative estimate of drug-likeness (QED) is 0.867. The van der Waals surface area contributed by atoms with Gasteiger partial charge in [-0.25, -0.2) is 4.79 Å². The Morgan fingerprint density at radius 2 is 1.71 bits per heavy atom. The van der Waals surface area contributed by atoms with Crippen molar-refractivity contribution in [2.24, 2.45) is 0 Å². The van der Waals surface area contributed by atoms with Crippen LogP contribution in [0.1, 0.15) is 36.8 Å². The van der Waals surface area contributed by atoms with Crippen molar-refractivity contribution in [1.29, 1.82) is 0 Å². The smallest absolute Gasteiger partial charge is 0.317 e. The monoisotopic (exact) mass is 378 g/mol. The maximum Gasteiger partial charge on any atom is 0.317 e. The molecule has 0 unspecified atom stereocenters. The summed E-state index contributed by atoms with van der Waals surface area (Å²) in [6.07, 6.45) is 8.64. The number of nitrogens with zero attached hydrogens (tertiary/aromatic N) is 3. The Kier molecular flexibility index (Phi) is 5.11. The number of pyridine rings is 1. The molecule has 2 aromatic rings. The summed E-state index contributed by atoms with van der Waals surface area (Å²) in [5.41, 5.74) is 2.59. The maximum absolute atomic E-state index is 12.6. The molecule has 2 fully saturated rings. The fourth-order valence-corrected chi connectivity index (χ4v) is 4.94. The topological polar surface area (TPSA) is 48.5 Å². The molecule has 4 rings (SSSR count). The van der Waals surface area contributed by atoms with Crippen LogP contribution < -0.4 is 5.32 Å². The van der Waals surface area contributed by atoms with E-state index in [-0.39, 0.29) is 17.1 Å². The molecule has 1 N–H and O–H groups in total. The van der Waals surface area contributed by atoms with Gasteiger partial charge in [0.15, 0.2) is 0 Å². The highest BCUT2D eigenvalue weighted by atomic mass is 16.2. The third-order valence-electron chi connectivity index (χ3n) is 6.77. The zero-order valence-electron chi connectivity index (χ0n) is 16.9. The number of carbonyl (C=O) groups is 1. The summed E-state index contributed by atoms with van der Waals surface area (Å²) in [7, 11) is 4.36. The molecule has 148 valence electrons. The number of hydrogen-bond acceptors (Lipinski definition) is 3. The summed E-state index contributed by atoms with van der Waals surface area (Å²) in [4.78, 5) is 21.1. The van der Waals surface area contributed by atoms with Crippen LogP contribution in [-0.2, 0) is 12.0 Å². The molecule has 1 aliphatic heterocycles. The largest absolute Gasteiger partial charge is 0.331 e. The first kappa shape index (κ1) is 18.9. The standard InChI is InChI=1S/C23H30N4O/c1-26(2)23(20-6-4-3-5-7-20)13-11-22(12-14-23)18-27(21(28)25-22)17-10-19-8-15-24-16-9-19/h3-9,15-16H,10-14,17-18H2,1-2H3,(H,25,28)/t22-,23-. The fourth-order valence-electron chi connectivity index (χ4n) is 4.94. The van der Waals surface area contributed by atoms with Gasteiger partial charge >= 0.3 is 6.03 Å². The molecule has 5 heteroatoms. The molecule has 2 amide bonds. The van der Waals surface area contributed by atoms with Crippen LogP contribution in [0.25, 0.3) is 0 Å². The molecule has 0 bridgehead atoms. The van der Waals surface area contributed by atoms with Crippen molar-refractivity contribution in [3.8, 4) is 0 Å². The molecule has 5 nitrogen and oxygen atoms in total. The number of carbonyl (C=O) groups excluding carboxylic acids is 1. The van der Waals surface area contributed by atoms with Crippen molar-refractivity contribution in [3.05, 3.63) is 66.0 Å². The van der Waals surface area contributed by atoms with Crippen LogP contribution in [0.3, 0.4) is 0 Å². The van der Waals surface area contributed by atoms with Crippen LogP contribution in [0.15, 0.2) is 54.9 Å². The maximum atomic E-state index is 12.6. The van der Waals surface area contributed by atoms with Gasteiger partial charge in [0.25, 0.3) is 0 Å². The average Bonchev–Trinajstić information content (AvgIpc) is 3.03. The molecule has 0 atom stereocenters. The summed E-state index contributed by atoms with van der Waals surface area (Å²) in [5.74, 6) is 0. The molecular weight excluding hydrogens is 348 g/mol. The molecule has 28 heavy (non-hydrogen) atoms. The van der Waals surface area contributed by atoms with E-state index in [1.807, 2.05) is 29.4 Å². The minimum atomic E-state index is -0.0797. The second-order valence-electron chi connectivity index (χ2n) is 8.53. The summed E-state index contributed by atoms with van der Waals surface area (Å²) < 4.78 is 0. The van der Waals surface area contributed by atoms with Crippen molar-refractivity contribution >= 4 is 6.03 Å². The van der Waals surface area contributed by atoms with Crippen LogP contribution in [0.4, 0.5) is 4.79 Å². The molecule has 1 aliphatic carbocycles. The van der Waals surface area contributed by atoms with Gasteiger partial charge in [-0.3, -0.25) is 9.88 Å². The van der Waals surface area contributed by atoms with Gasteiger partial charge in [0.2, 0.25) is 0 Å². The van der Waals surface area contributed by atoms with E-state index in [4.69, 9.17) is 0 Å². The minimum absolute atomic E-state index is 0.0572. The van der Waals surface area contributed by atoms with E-state index in [0.717, 1.165) is 45.2 Å². The third kappa shape index (κ3) is 3.51. The first-order chi connectivity index (χ1) is 13.5. The summed E-state index contributed by atoms with van der Waals surface area (Å²) in [5, 5.41) is 3.34. The van der Waals surface area contributed by atoms with Gasteiger partial charge < -0.3 is 10.2 Å². The Labute approximate surface area is 167 Å². The first-order valence-corrected chi connectivity index (χ1v) is 10.2. The lowest BCUT2D eigenvalue weighted by atomic mass is 9.69. The Hall–Kier alpha value is -2.40. The zero-order valence-corrected chi connectivity index (χ0v) is 16.9. The van der Waals surface area contributed by atoms with Gasteiger partial charge in [0.05, 0.1) is 5.54 Å². The van der Waals surface area contributed by atoms with Crippen LogP contribution in [0.5, 0.6) is 0 Å². The molecule has 2 aliphatic rings. The minimum Gasteiger partial charge on any atom is -0.331 e. The lowest BCUT2D eigenvalue weighted by molar-refractivity contribution is 0.0620. The van der Waals surface area contributed by atoms with Crippen molar-refractivity contribution in [2.45, 2.75) is 43.2 Å². The second-order valence-corrected chi connectivity index (χ2v) is 8.53. The van der Waals surface area contributed by atoms with Crippen molar-refractivity contribution in [2.75, 3.05) is 27.2 Å². The van der Waals surface area contributed by atoms with E-state index in [2.05, 4.69) is 59.6 Å².